The lowest BCUT2D eigenvalue weighted by Crippen LogP contribution is -1.93. The Kier molecular flexibility index (Phi) is 3.80. The van der Waals surface area contributed by atoms with E-state index < -0.39 is 5.24 Å². The van der Waals surface area contributed by atoms with Gasteiger partial charge in [-0.1, -0.05) is 12.2 Å². The topological polar surface area (TPSA) is 43.1 Å². The van der Waals surface area contributed by atoms with Crippen molar-refractivity contribution in [1.82, 2.24) is 0 Å². The molecule has 0 aromatic heterocycles. The highest BCUT2D eigenvalue weighted by Crippen LogP contribution is 1.99. The normalized spacial score (nSPS) is 12.4. The lowest BCUT2D eigenvalue weighted by Gasteiger charge is -1.87. The van der Waals surface area contributed by atoms with Gasteiger partial charge in [-0.05, 0) is 18.5 Å². The fourth-order valence-electron chi connectivity index (χ4n) is 0.366. The molecule has 0 aliphatic heterocycles. The Labute approximate surface area is 59.0 Å². The summed E-state index contributed by atoms with van der Waals surface area (Å²) in [5.41, 5.74) is 5.36. The van der Waals surface area contributed by atoms with Crippen molar-refractivity contribution in [3.8, 4) is 0 Å². The molecule has 0 aromatic carbocycles. The van der Waals surface area contributed by atoms with E-state index in [2.05, 4.69) is 0 Å². The lowest BCUT2D eigenvalue weighted by atomic mass is 10.3. The van der Waals surface area contributed by atoms with Gasteiger partial charge in [-0.15, -0.1) is 0 Å². The summed E-state index contributed by atoms with van der Waals surface area (Å²) < 4.78 is 0. The van der Waals surface area contributed by atoms with E-state index in [4.69, 9.17) is 17.3 Å². The number of hydrogen-bond acceptors (Lipinski definition) is 2. The smallest absolute Gasteiger partial charge is 0.253 e. The molecule has 2 N–H and O–H groups in total. The first kappa shape index (κ1) is 8.24. The average Bonchev–Trinajstić information content (AvgIpc) is 1.82. The van der Waals surface area contributed by atoms with Crippen LogP contribution in [0.2, 0.25) is 0 Å². The Hall–Kier alpha value is -0.760. The van der Waals surface area contributed by atoms with Gasteiger partial charge >= 0.3 is 0 Å². The molecule has 0 aliphatic rings. The fourth-order valence-corrected chi connectivity index (χ4v) is 0.492. The van der Waals surface area contributed by atoms with Gasteiger partial charge in [0.05, 0.1) is 0 Å². The standard InChI is InChI=1S/C6H8ClNO/c1-2-3-5(4-8)6(7)9/h2-4H,8H2,1H3/b3-2-,5-4+. The van der Waals surface area contributed by atoms with Gasteiger partial charge in [0.15, 0.2) is 0 Å². The maximum atomic E-state index is 10.3. The molecule has 9 heavy (non-hydrogen) atoms. The minimum Gasteiger partial charge on any atom is -0.404 e. The van der Waals surface area contributed by atoms with Gasteiger partial charge < -0.3 is 5.73 Å². The second-order valence-corrected chi connectivity index (χ2v) is 1.74. The maximum Gasteiger partial charge on any atom is 0.253 e. The van der Waals surface area contributed by atoms with Crippen LogP contribution in [0.15, 0.2) is 23.9 Å². The highest BCUT2D eigenvalue weighted by Gasteiger charge is 1.97. The first-order valence-corrected chi connectivity index (χ1v) is 2.84. The van der Waals surface area contributed by atoms with Crippen molar-refractivity contribution in [2.45, 2.75) is 6.92 Å². The zero-order chi connectivity index (χ0) is 7.28. The molecule has 0 bridgehead atoms. The van der Waals surface area contributed by atoms with Crippen molar-refractivity contribution >= 4 is 16.8 Å². The van der Waals surface area contributed by atoms with E-state index in [0.29, 0.717) is 5.57 Å². The number of nitrogens with two attached hydrogens (primary N) is 1. The molecule has 0 aliphatic carbocycles. The Bertz CT molecular complexity index is 160. The van der Waals surface area contributed by atoms with Crippen LogP contribution >= 0.6 is 11.6 Å². The van der Waals surface area contributed by atoms with Crippen molar-refractivity contribution < 1.29 is 4.79 Å². The zero-order valence-electron chi connectivity index (χ0n) is 5.10. The summed E-state index contributed by atoms with van der Waals surface area (Å²) in [6.07, 6.45) is 4.42. The van der Waals surface area contributed by atoms with Crippen LogP contribution in [0.25, 0.3) is 0 Å². The van der Waals surface area contributed by atoms with Crippen LogP contribution in [0.1, 0.15) is 6.92 Å². The third-order valence-corrected chi connectivity index (χ3v) is 0.971. The van der Waals surface area contributed by atoms with E-state index in [1.807, 2.05) is 0 Å². The number of carbonyl (C=O) groups excluding carboxylic acids is 1. The molecule has 0 amide bonds. The molecule has 0 atom stereocenters. The van der Waals surface area contributed by atoms with E-state index in [1.54, 1.807) is 19.1 Å². The monoisotopic (exact) mass is 145 g/mol. The fraction of sp³-hybridized carbons (Fsp3) is 0.167. The molecule has 0 heterocycles. The minimum absolute atomic E-state index is 0.319. The largest absolute Gasteiger partial charge is 0.404 e. The van der Waals surface area contributed by atoms with Crippen LogP contribution in [-0.4, -0.2) is 5.24 Å². The number of carbonyl (C=O) groups is 1. The summed E-state index contributed by atoms with van der Waals surface area (Å²) in [6.45, 7) is 1.78. The predicted octanol–water partition coefficient (Wildman–Crippen LogP) is 1.17. The number of allylic oxidation sites excluding steroid dienone is 3. The summed E-state index contributed by atoms with van der Waals surface area (Å²) in [7, 11) is 0. The Balaban J connectivity index is 4.19. The second-order valence-electron chi connectivity index (χ2n) is 1.40. The first-order valence-electron chi connectivity index (χ1n) is 2.46. The van der Waals surface area contributed by atoms with Gasteiger partial charge in [-0.2, -0.15) is 0 Å². The van der Waals surface area contributed by atoms with Crippen molar-refractivity contribution in [2.75, 3.05) is 0 Å². The molecule has 0 saturated heterocycles. The molecule has 0 radical (unpaired) electrons. The molecule has 0 saturated carbocycles. The molecule has 0 unspecified atom stereocenters. The Morgan fingerprint density at radius 1 is 1.67 bits per heavy atom. The molecule has 0 aromatic rings. The molecule has 50 valence electrons. The molecule has 0 spiro atoms. The van der Waals surface area contributed by atoms with Gasteiger partial charge in [0.25, 0.3) is 5.24 Å². The van der Waals surface area contributed by atoms with Gasteiger partial charge in [-0.25, -0.2) is 0 Å². The van der Waals surface area contributed by atoms with Crippen molar-refractivity contribution in [1.29, 1.82) is 0 Å². The SMILES string of the molecule is C/C=C\C(=C/N)C(=O)Cl. The molecule has 0 rings (SSSR count). The number of halogens is 1. The lowest BCUT2D eigenvalue weighted by molar-refractivity contribution is -0.108. The van der Waals surface area contributed by atoms with Gasteiger partial charge in [-0.3, -0.25) is 4.79 Å². The molecule has 2 nitrogen and oxygen atoms in total. The van der Waals surface area contributed by atoms with Crippen molar-refractivity contribution in [2.24, 2.45) is 5.73 Å². The number of hydrogen-bond donors (Lipinski definition) is 1. The molecular weight excluding hydrogens is 138 g/mol. The van der Waals surface area contributed by atoms with Crippen molar-refractivity contribution in [3.63, 3.8) is 0 Å². The quantitative estimate of drug-likeness (QED) is 0.360. The maximum absolute atomic E-state index is 10.3. The summed E-state index contributed by atoms with van der Waals surface area (Å²) in [6, 6.07) is 0. The van der Waals surface area contributed by atoms with E-state index >= 15 is 0 Å². The van der Waals surface area contributed by atoms with Crippen LogP contribution in [0.4, 0.5) is 0 Å². The van der Waals surface area contributed by atoms with Crippen molar-refractivity contribution in [3.05, 3.63) is 23.9 Å². The molecule has 0 fully saturated rings. The van der Waals surface area contributed by atoms with E-state index in [1.165, 1.54) is 6.20 Å². The van der Waals surface area contributed by atoms with Gasteiger partial charge in [0.1, 0.15) is 0 Å². The second kappa shape index (κ2) is 4.15. The Morgan fingerprint density at radius 3 is 2.33 bits per heavy atom. The summed E-state index contributed by atoms with van der Waals surface area (Å²) >= 11 is 5.08. The van der Waals surface area contributed by atoms with Crippen LogP contribution in [0.5, 0.6) is 0 Å². The summed E-state index contributed by atoms with van der Waals surface area (Å²) in [4.78, 5) is 10.3. The minimum atomic E-state index is -0.532. The van der Waals surface area contributed by atoms with Crippen LogP contribution in [0, 0.1) is 0 Å². The average molecular weight is 146 g/mol. The summed E-state index contributed by atoms with van der Waals surface area (Å²) in [5, 5.41) is -0.532. The van der Waals surface area contributed by atoms with E-state index in [0.717, 1.165) is 0 Å². The number of rotatable bonds is 2. The molecule has 3 heteroatoms. The van der Waals surface area contributed by atoms with E-state index in [9.17, 15) is 4.79 Å². The van der Waals surface area contributed by atoms with E-state index in [-0.39, 0.29) is 0 Å². The highest BCUT2D eigenvalue weighted by atomic mass is 35.5. The van der Waals surface area contributed by atoms with Gasteiger partial charge in [0.2, 0.25) is 0 Å². The van der Waals surface area contributed by atoms with Crippen LogP contribution in [0.3, 0.4) is 0 Å². The highest BCUT2D eigenvalue weighted by molar-refractivity contribution is 6.68. The van der Waals surface area contributed by atoms with Crippen LogP contribution < -0.4 is 5.73 Å². The zero-order valence-corrected chi connectivity index (χ0v) is 5.85. The summed E-state index contributed by atoms with van der Waals surface area (Å²) in [5.74, 6) is 0. The third-order valence-electron chi connectivity index (χ3n) is 0.753. The van der Waals surface area contributed by atoms with Gasteiger partial charge in [0, 0.05) is 11.8 Å². The molecular formula is C6H8ClNO. The van der Waals surface area contributed by atoms with Crippen LogP contribution in [-0.2, 0) is 4.79 Å². The first-order chi connectivity index (χ1) is 4.22. The predicted molar refractivity (Wildman–Crippen MR) is 37.9 cm³/mol. The third kappa shape index (κ3) is 2.93. The Morgan fingerprint density at radius 2 is 2.22 bits per heavy atom.